The van der Waals surface area contributed by atoms with E-state index < -0.39 is 0 Å². The van der Waals surface area contributed by atoms with Gasteiger partial charge in [0, 0.05) is 25.0 Å². The Morgan fingerprint density at radius 3 is 2.91 bits per heavy atom. The molecule has 0 spiro atoms. The van der Waals surface area contributed by atoms with E-state index in [1.165, 1.54) is 13.2 Å². The summed E-state index contributed by atoms with van der Waals surface area (Å²) in [6, 6.07) is 3.43. The van der Waals surface area contributed by atoms with Gasteiger partial charge in [-0.1, -0.05) is 0 Å². The van der Waals surface area contributed by atoms with E-state index in [1.54, 1.807) is 18.3 Å². The van der Waals surface area contributed by atoms with E-state index in [-0.39, 0.29) is 5.84 Å². The first-order chi connectivity index (χ1) is 5.22. The van der Waals surface area contributed by atoms with Crippen molar-refractivity contribution in [3.63, 3.8) is 0 Å². The summed E-state index contributed by atoms with van der Waals surface area (Å²) < 4.78 is 0. The molecule has 0 atom stereocenters. The number of nitrogens with zero attached hydrogens (tertiary/aromatic N) is 2. The van der Waals surface area contributed by atoms with Gasteiger partial charge in [-0.05, 0) is 12.1 Å². The summed E-state index contributed by atoms with van der Waals surface area (Å²) in [7, 11) is 1.40. The van der Waals surface area contributed by atoms with E-state index in [4.69, 9.17) is 10.6 Å². The van der Waals surface area contributed by atoms with Crippen LogP contribution >= 0.6 is 0 Å². The minimum Gasteiger partial charge on any atom is -0.287 e. The molecule has 0 aliphatic heterocycles. The molecule has 58 valence electrons. The maximum absolute atomic E-state index is 8.86. The van der Waals surface area contributed by atoms with Crippen LogP contribution < -0.4 is 0 Å². The van der Waals surface area contributed by atoms with Gasteiger partial charge in [-0.2, -0.15) is 0 Å². The highest BCUT2D eigenvalue weighted by atomic mass is 16.5. The van der Waals surface area contributed by atoms with Crippen molar-refractivity contribution in [1.82, 2.24) is 10.0 Å². The molecule has 0 aromatic carbocycles. The number of amidine groups is 1. The Morgan fingerprint density at radius 2 is 2.45 bits per heavy atom. The third kappa shape index (κ3) is 1.75. The van der Waals surface area contributed by atoms with Crippen LogP contribution in [0.1, 0.15) is 5.56 Å². The quantitative estimate of drug-likeness (QED) is 0.353. The Balaban J connectivity index is 2.86. The topological polar surface area (TPSA) is 60.2 Å². The smallest absolute Gasteiger partial charge is 0.153 e. The molecule has 0 radical (unpaired) electrons. The predicted molar refractivity (Wildman–Crippen MR) is 40.6 cm³/mol. The van der Waals surface area contributed by atoms with Gasteiger partial charge >= 0.3 is 0 Å². The summed E-state index contributed by atoms with van der Waals surface area (Å²) in [6.07, 6.45) is 3.14. The molecule has 1 rings (SSSR count). The molecule has 0 aliphatic carbocycles. The van der Waals surface area contributed by atoms with E-state index in [2.05, 4.69) is 4.98 Å². The van der Waals surface area contributed by atoms with Crippen LogP contribution in [0.5, 0.6) is 0 Å². The summed E-state index contributed by atoms with van der Waals surface area (Å²) in [5.74, 6) is 0.0399. The first kappa shape index (κ1) is 7.68. The molecular weight excluding hydrogens is 142 g/mol. The summed E-state index contributed by atoms with van der Waals surface area (Å²) in [6.45, 7) is 0. The van der Waals surface area contributed by atoms with Gasteiger partial charge in [0.1, 0.15) is 0 Å². The summed E-state index contributed by atoms with van der Waals surface area (Å²) >= 11 is 0. The van der Waals surface area contributed by atoms with E-state index in [0.717, 1.165) is 5.06 Å². The Morgan fingerprint density at radius 1 is 1.73 bits per heavy atom. The molecule has 4 heteroatoms. The van der Waals surface area contributed by atoms with Gasteiger partial charge in [-0.25, -0.2) is 5.06 Å². The number of rotatable bonds is 1. The van der Waals surface area contributed by atoms with Crippen molar-refractivity contribution >= 4 is 5.84 Å². The van der Waals surface area contributed by atoms with Crippen molar-refractivity contribution in [3.05, 3.63) is 30.1 Å². The zero-order valence-corrected chi connectivity index (χ0v) is 6.15. The van der Waals surface area contributed by atoms with Crippen LogP contribution in [0, 0.1) is 5.41 Å². The van der Waals surface area contributed by atoms with Gasteiger partial charge in [0.2, 0.25) is 0 Å². The lowest BCUT2D eigenvalue weighted by molar-refractivity contribution is 0.0133. The number of hydrogen-bond donors (Lipinski definition) is 2. The molecule has 0 aliphatic rings. The first-order valence-electron chi connectivity index (χ1n) is 3.13. The fraction of sp³-hybridized carbons (Fsp3) is 0.143. The van der Waals surface area contributed by atoms with Crippen LogP contribution in [0.2, 0.25) is 0 Å². The van der Waals surface area contributed by atoms with Gasteiger partial charge in [0.05, 0.1) is 0 Å². The number of hydrogen-bond acceptors (Lipinski definition) is 3. The van der Waals surface area contributed by atoms with Crippen molar-refractivity contribution in [1.29, 1.82) is 5.41 Å². The molecule has 0 fully saturated rings. The second kappa shape index (κ2) is 3.12. The van der Waals surface area contributed by atoms with E-state index >= 15 is 0 Å². The minimum absolute atomic E-state index is 0.0399. The van der Waals surface area contributed by atoms with E-state index in [1.807, 2.05) is 0 Å². The van der Waals surface area contributed by atoms with Gasteiger partial charge in [-0.3, -0.25) is 15.6 Å². The largest absolute Gasteiger partial charge is 0.287 e. The lowest BCUT2D eigenvalue weighted by atomic mass is 10.2. The fourth-order valence-corrected chi connectivity index (χ4v) is 0.690. The zero-order valence-electron chi connectivity index (χ0n) is 6.15. The summed E-state index contributed by atoms with van der Waals surface area (Å²) in [5, 5.41) is 16.9. The highest BCUT2D eigenvalue weighted by Gasteiger charge is 2.02. The van der Waals surface area contributed by atoms with Crippen molar-refractivity contribution < 1.29 is 5.21 Å². The van der Waals surface area contributed by atoms with Crippen LogP contribution in [-0.2, 0) is 0 Å². The molecule has 11 heavy (non-hydrogen) atoms. The highest BCUT2D eigenvalue weighted by molar-refractivity contribution is 5.94. The standard InChI is InChI=1S/C7H9N3O/c1-10(11)7(8)6-3-2-4-9-5-6/h2-5,8,11H,1H3. The minimum atomic E-state index is 0.0399. The lowest BCUT2D eigenvalue weighted by Gasteiger charge is -2.10. The molecular formula is C7H9N3O. The Labute approximate surface area is 64.6 Å². The zero-order chi connectivity index (χ0) is 8.27. The Bertz CT molecular complexity index is 245. The van der Waals surface area contributed by atoms with Gasteiger partial charge in [0.25, 0.3) is 0 Å². The van der Waals surface area contributed by atoms with Crippen molar-refractivity contribution in [2.45, 2.75) is 0 Å². The molecule has 0 saturated carbocycles. The number of pyridine rings is 1. The maximum Gasteiger partial charge on any atom is 0.153 e. The van der Waals surface area contributed by atoms with Crippen LogP contribution in [0.3, 0.4) is 0 Å². The number of nitrogens with one attached hydrogen (secondary N) is 1. The molecule has 1 aromatic heterocycles. The Hall–Kier alpha value is -1.42. The third-order valence-electron chi connectivity index (χ3n) is 1.26. The summed E-state index contributed by atoms with van der Waals surface area (Å²) in [5.41, 5.74) is 0.595. The molecule has 1 aromatic rings. The fourth-order valence-electron chi connectivity index (χ4n) is 0.690. The molecule has 2 N–H and O–H groups in total. The SMILES string of the molecule is CN(O)C(=N)c1cccnc1. The maximum atomic E-state index is 8.86. The highest BCUT2D eigenvalue weighted by Crippen LogP contribution is 1.97. The van der Waals surface area contributed by atoms with E-state index in [9.17, 15) is 0 Å². The first-order valence-corrected chi connectivity index (χ1v) is 3.13. The van der Waals surface area contributed by atoms with Crippen molar-refractivity contribution in [2.75, 3.05) is 7.05 Å². The van der Waals surface area contributed by atoms with E-state index in [0.29, 0.717) is 5.56 Å². The normalized spacial score (nSPS) is 9.27. The molecule has 1 heterocycles. The van der Waals surface area contributed by atoms with Crippen LogP contribution in [0.4, 0.5) is 0 Å². The Kier molecular flexibility index (Phi) is 2.18. The summed E-state index contributed by atoms with van der Waals surface area (Å²) in [4.78, 5) is 3.81. The third-order valence-corrected chi connectivity index (χ3v) is 1.26. The van der Waals surface area contributed by atoms with Crippen molar-refractivity contribution in [2.24, 2.45) is 0 Å². The predicted octanol–water partition coefficient (Wildman–Crippen LogP) is 0.728. The average molecular weight is 151 g/mol. The van der Waals surface area contributed by atoms with Crippen LogP contribution in [-0.4, -0.2) is 28.1 Å². The molecule has 0 bridgehead atoms. The molecule has 0 saturated heterocycles. The van der Waals surface area contributed by atoms with Crippen LogP contribution in [0.15, 0.2) is 24.5 Å². The van der Waals surface area contributed by atoms with Crippen molar-refractivity contribution in [3.8, 4) is 0 Å². The second-order valence-corrected chi connectivity index (χ2v) is 2.11. The molecule has 0 amide bonds. The second-order valence-electron chi connectivity index (χ2n) is 2.11. The molecule has 4 nitrogen and oxygen atoms in total. The average Bonchev–Trinajstić information content (AvgIpc) is 2.05. The number of hydroxylamine groups is 2. The lowest BCUT2D eigenvalue weighted by Crippen LogP contribution is -2.22. The van der Waals surface area contributed by atoms with Crippen LogP contribution in [0.25, 0.3) is 0 Å². The van der Waals surface area contributed by atoms with Gasteiger partial charge < -0.3 is 0 Å². The van der Waals surface area contributed by atoms with Gasteiger partial charge in [-0.15, -0.1) is 0 Å². The molecule has 0 unspecified atom stereocenters. The monoisotopic (exact) mass is 151 g/mol. The van der Waals surface area contributed by atoms with Gasteiger partial charge in [0.15, 0.2) is 5.84 Å². The number of aromatic nitrogens is 1.